The third kappa shape index (κ3) is 3.39. The second kappa shape index (κ2) is 5.92. The second-order valence-corrected chi connectivity index (χ2v) is 6.21. The zero-order valence-electron chi connectivity index (χ0n) is 10.00. The monoisotopic (exact) mass is 242 g/mol. The van der Waals surface area contributed by atoms with Crippen LogP contribution >= 0.6 is 11.8 Å². The average molecular weight is 242 g/mol. The van der Waals surface area contributed by atoms with Crippen molar-refractivity contribution in [1.29, 1.82) is 0 Å². The molecule has 2 aliphatic rings. The number of nitrogens with one attached hydrogen (secondary N) is 2. The van der Waals surface area contributed by atoms with E-state index in [1.54, 1.807) is 0 Å². The molecule has 0 radical (unpaired) electrons. The average Bonchev–Trinajstić information content (AvgIpc) is 2.30. The fraction of sp³-hybridized carbons (Fsp3) is 0.917. The summed E-state index contributed by atoms with van der Waals surface area (Å²) in [6.45, 7) is 3.22. The van der Waals surface area contributed by atoms with Crippen molar-refractivity contribution in [1.82, 2.24) is 10.6 Å². The fourth-order valence-corrected chi connectivity index (χ4v) is 3.54. The lowest BCUT2D eigenvalue weighted by atomic mass is 9.93. The summed E-state index contributed by atoms with van der Waals surface area (Å²) in [5.74, 6) is 3.25. The second-order valence-electron chi connectivity index (χ2n) is 5.06. The molecule has 0 bridgehead atoms. The van der Waals surface area contributed by atoms with Gasteiger partial charge >= 0.3 is 0 Å². The van der Waals surface area contributed by atoms with Gasteiger partial charge < -0.3 is 10.6 Å². The van der Waals surface area contributed by atoms with Crippen LogP contribution in [0.25, 0.3) is 0 Å². The van der Waals surface area contributed by atoms with Crippen molar-refractivity contribution in [2.75, 3.05) is 18.1 Å². The van der Waals surface area contributed by atoms with Crippen molar-refractivity contribution in [3.63, 3.8) is 0 Å². The van der Waals surface area contributed by atoms with E-state index in [1.165, 1.54) is 18.6 Å². The van der Waals surface area contributed by atoms with E-state index in [1.807, 2.05) is 11.8 Å². The Morgan fingerprint density at radius 3 is 3.00 bits per heavy atom. The van der Waals surface area contributed by atoms with Gasteiger partial charge in [0, 0.05) is 11.8 Å². The van der Waals surface area contributed by atoms with Crippen LogP contribution in [0.1, 0.15) is 32.6 Å². The molecule has 0 saturated carbocycles. The minimum atomic E-state index is 0.0516. The predicted octanol–water partition coefficient (Wildman–Crippen LogP) is 1.39. The van der Waals surface area contributed by atoms with Crippen molar-refractivity contribution in [3.05, 3.63) is 0 Å². The van der Waals surface area contributed by atoms with Crippen LogP contribution in [0, 0.1) is 5.92 Å². The topological polar surface area (TPSA) is 41.1 Å². The van der Waals surface area contributed by atoms with E-state index < -0.39 is 0 Å². The summed E-state index contributed by atoms with van der Waals surface area (Å²) in [6.07, 6.45) is 4.58. The van der Waals surface area contributed by atoms with Crippen LogP contribution in [0.15, 0.2) is 0 Å². The van der Waals surface area contributed by atoms with Gasteiger partial charge in [-0.25, -0.2) is 0 Å². The number of thioether (sulfide) groups is 1. The van der Waals surface area contributed by atoms with E-state index >= 15 is 0 Å². The van der Waals surface area contributed by atoms with Gasteiger partial charge in [0.2, 0.25) is 5.91 Å². The normalized spacial score (nSPS) is 35.7. The maximum absolute atomic E-state index is 12.0. The number of hydrogen-bond acceptors (Lipinski definition) is 3. The molecule has 0 aliphatic carbocycles. The third-order valence-electron chi connectivity index (χ3n) is 3.49. The van der Waals surface area contributed by atoms with Gasteiger partial charge in [0.15, 0.2) is 0 Å². The summed E-state index contributed by atoms with van der Waals surface area (Å²) in [7, 11) is 0. The van der Waals surface area contributed by atoms with Crippen LogP contribution in [-0.4, -0.2) is 36.0 Å². The Bertz CT molecular complexity index is 241. The van der Waals surface area contributed by atoms with Crippen molar-refractivity contribution in [2.45, 2.75) is 44.7 Å². The molecule has 2 aliphatic heterocycles. The van der Waals surface area contributed by atoms with Crippen molar-refractivity contribution < 1.29 is 4.79 Å². The van der Waals surface area contributed by atoms with Gasteiger partial charge in [-0.3, -0.25) is 4.79 Å². The molecule has 0 aromatic rings. The quantitative estimate of drug-likeness (QED) is 0.769. The highest BCUT2D eigenvalue weighted by atomic mass is 32.2. The number of hydrogen-bond donors (Lipinski definition) is 2. The molecule has 0 aromatic heterocycles. The number of rotatable bonds is 2. The molecular weight excluding hydrogens is 220 g/mol. The first-order valence-electron chi connectivity index (χ1n) is 6.37. The number of carbonyl (C=O) groups is 1. The van der Waals surface area contributed by atoms with Crippen LogP contribution < -0.4 is 10.6 Å². The minimum Gasteiger partial charge on any atom is -0.351 e. The minimum absolute atomic E-state index is 0.0516. The maximum atomic E-state index is 12.0. The van der Waals surface area contributed by atoms with E-state index in [0.29, 0.717) is 12.0 Å². The molecule has 0 spiro atoms. The Morgan fingerprint density at radius 2 is 2.31 bits per heavy atom. The Hall–Kier alpha value is -0.220. The largest absolute Gasteiger partial charge is 0.351 e. The van der Waals surface area contributed by atoms with Gasteiger partial charge in [-0.05, 0) is 43.9 Å². The highest BCUT2D eigenvalue weighted by Crippen LogP contribution is 2.18. The lowest BCUT2D eigenvalue weighted by Crippen LogP contribution is -2.51. The number of amides is 1. The van der Waals surface area contributed by atoms with Crippen LogP contribution in [-0.2, 0) is 4.79 Å². The highest BCUT2D eigenvalue weighted by molar-refractivity contribution is 7.99. The van der Waals surface area contributed by atoms with Crippen LogP contribution in [0.3, 0.4) is 0 Å². The van der Waals surface area contributed by atoms with E-state index in [4.69, 9.17) is 0 Å². The van der Waals surface area contributed by atoms with Crippen molar-refractivity contribution >= 4 is 17.7 Å². The van der Waals surface area contributed by atoms with Gasteiger partial charge in [0.1, 0.15) is 0 Å². The third-order valence-corrected chi connectivity index (χ3v) is 4.70. The molecule has 0 aromatic carbocycles. The van der Waals surface area contributed by atoms with Gasteiger partial charge in [-0.2, -0.15) is 11.8 Å². The standard InChI is InChI=1S/C12H22N2OS/c1-9-4-5-13-11(7-9)12(15)14-10-3-2-6-16-8-10/h9-11,13H,2-8H2,1H3,(H,14,15). The molecule has 2 heterocycles. The molecule has 2 saturated heterocycles. The Balaban J connectivity index is 1.77. The van der Waals surface area contributed by atoms with Gasteiger partial charge in [0.05, 0.1) is 6.04 Å². The molecule has 92 valence electrons. The summed E-state index contributed by atoms with van der Waals surface area (Å²) in [5, 5.41) is 6.51. The number of piperidine rings is 1. The van der Waals surface area contributed by atoms with Crippen LogP contribution in [0.2, 0.25) is 0 Å². The SMILES string of the molecule is CC1CCNC(C(=O)NC2CCCSC2)C1. The first-order valence-corrected chi connectivity index (χ1v) is 7.52. The highest BCUT2D eigenvalue weighted by Gasteiger charge is 2.26. The van der Waals surface area contributed by atoms with E-state index in [-0.39, 0.29) is 11.9 Å². The lowest BCUT2D eigenvalue weighted by Gasteiger charge is -2.30. The molecule has 3 unspecified atom stereocenters. The van der Waals surface area contributed by atoms with Gasteiger partial charge in [-0.1, -0.05) is 6.92 Å². The molecular formula is C12H22N2OS. The van der Waals surface area contributed by atoms with E-state index in [0.717, 1.165) is 25.1 Å². The van der Waals surface area contributed by atoms with Crippen molar-refractivity contribution in [3.8, 4) is 0 Å². The first-order chi connectivity index (χ1) is 7.75. The van der Waals surface area contributed by atoms with E-state index in [2.05, 4.69) is 17.6 Å². The van der Waals surface area contributed by atoms with Crippen LogP contribution in [0.5, 0.6) is 0 Å². The smallest absolute Gasteiger partial charge is 0.237 e. The van der Waals surface area contributed by atoms with Gasteiger partial charge in [-0.15, -0.1) is 0 Å². The molecule has 4 heteroatoms. The predicted molar refractivity (Wildman–Crippen MR) is 68.7 cm³/mol. The molecule has 2 N–H and O–H groups in total. The molecule has 3 nitrogen and oxygen atoms in total. The Kier molecular flexibility index (Phi) is 4.53. The van der Waals surface area contributed by atoms with Crippen LogP contribution in [0.4, 0.5) is 0 Å². The Labute approximate surface area is 102 Å². The summed E-state index contributed by atoms with van der Waals surface area (Å²) < 4.78 is 0. The fourth-order valence-electron chi connectivity index (χ4n) is 2.46. The number of carbonyl (C=O) groups excluding carboxylic acids is 1. The lowest BCUT2D eigenvalue weighted by molar-refractivity contribution is -0.124. The molecule has 16 heavy (non-hydrogen) atoms. The maximum Gasteiger partial charge on any atom is 0.237 e. The summed E-state index contributed by atoms with van der Waals surface area (Å²) in [4.78, 5) is 12.0. The molecule has 2 fully saturated rings. The summed E-state index contributed by atoms with van der Waals surface area (Å²) in [5.41, 5.74) is 0. The molecule has 2 rings (SSSR count). The van der Waals surface area contributed by atoms with E-state index in [9.17, 15) is 4.79 Å². The zero-order valence-corrected chi connectivity index (χ0v) is 10.8. The zero-order chi connectivity index (χ0) is 11.4. The summed E-state index contributed by atoms with van der Waals surface area (Å²) >= 11 is 1.96. The van der Waals surface area contributed by atoms with Gasteiger partial charge in [0.25, 0.3) is 0 Å². The summed E-state index contributed by atoms with van der Waals surface area (Å²) in [6, 6.07) is 0.459. The molecule has 1 amide bonds. The molecule has 3 atom stereocenters. The van der Waals surface area contributed by atoms with Crippen molar-refractivity contribution in [2.24, 2.45) is 5.92 Å². The Morgan fingerprint density at radius 1 is 1.44 bits per heavy atom. The first kappa shape index (κ1) is 12.2.